The molecule has 0 saturated carbocycles. The average Bonchev–Trinajstić information content (AvgIpc) is 3.20. The second-order valence-corrected chi connectivity index (χ2v) is 7.93. The van der Waals surface area contributed by atoms with Gasteiger partial charge in [-0.3, -0.25) is 29.5 Å². The van der Waals surface area contributed by atoms with Crippen LogP contribution in [-0.2, 0) is 20.9 Å². The quantitative estimate of drug-likeness (QED) is 0.214. The number of carbonyl (C=O) groups excluding carboxylic acids is 4. The number of hydrogen-bond acceptors (Lipinski definition) is 8. The van der Waals surface area contributed by atoms with Gasteiger partial charge in [0.1, 0.15) is 6.04 Å². The molecule has 0 radical (unpaired) electrons. The van der Waals surface area contributed by atoms with Gasteiger partial charge in [-0.1, -0.05) is 12.1 Å². The summed E-state index contributed by atoms with van der Waals surface area (Å²) in [5.41, 5.74) is 0.829. The van der Waals surface area contributed by atoms with Crippen molar-refractivity contribution >= 4 is 35.1 Å². The van der Waals surface area contributed by atoms with E-state index in [0.717, 1.165) is 11.0 Å². The van der Waals surface area contributed by atoms with Gasteiger partial charge >= 0.3 is 5.97 Å². The number of esters is 1. The molecule has 3 aromatic rings. The molecule has 1 aliphatic rings. The molecule has 2 heterocycles. The maximum atomic E-state index is 13.5. The van der Waals surface area contributed by atoms with E-state index in [0.29, 0.717) is 5.56 Å². The molecule has 0 N–H and O–H groups in total. The number of carbonyl (C=O) groups is 4. The van der Waals surface area contributed by atoms with Gasteiger partial charge in [-0.15, -0.1) is 0 Å². The number of benzene rings is 2. The molecule has 36 heavy (non-hydrogen) atoms. The van der Waals surface area contributed by atoms with Crippen LogP contribution in [0.2, 0.25) is 0 Å². The number of nitro benzene ring substituents is 1. The van der Waals surface area contributed by atoms with Crippen LogP contribution in [0.4, 0.5) is 11.4 Å². The Bertz CT molecular complexity index is 1340. The number of pyridine rings is 1. The zero-order valence-corrected chi connectivity index (χ0v) is 19.1. The first kappa shape index (κ1) is 24.2. The van der Waals surface area contributed by atoms with Crippen molar-refractivity contribution in [2.75, 3.05) is 12.0 Å². The fourth-order valence-corrected chi connectivity index (χ4v) is 3.93. The van der Waals surface area contributed by atoms with Crippen molar-refractivity contribution in [1.82, 2.24) is 9.88 Å². The Labute approximate surface area is 205 Å². The lowest BCUT2D eigenvalue weighted by atomic mass is 10.1. The summed E-state index contributed by atoms with van der Waals surface area (Å²) in [7, 11) is 1.24. The van der Waals surface area contributed by atoms with E-state index >= 15 is 0 Å². The standard InChI is InChI=1S/C25H20N4O7/c1-36-25(33)17-7-9-19(10-8-17)28-22(30)13-21(24(28)32)27(15-16-4-3-11-26-14-16)23(31)18-5-2-6-20(12-18)29(34)35/h2-12,14,21H,13,15H2,1H3. The highest BCUT2D eigenvalue weighted by atomic mass is 16.6. The third-order valence-corrected chi connectivity index (χ3v) is 5.69. The number of anilines is 1. The second-order valence-electron chi connectivity index (χ2n) is 7.93. The summed E-state index contributed by atoms with van der Waals surface area (Å²) < 4.78 is 4.66. The number of amides is 3. The maximum Gasteiger partial charge on any atom is 0.337 e. The Morgan fingerprint density at radius 2 is 1.86 bits per heavy atom. The third kappa shape index (κ3) is 4.80. The van der Waals surface area contributed by atoms with E-state index in [-0.39, 0.29) is 35.5 Å². The van der Waals surface area contributed by atoms with Crippen LogP contribution >= 0.6 is 0 Å². The van der Waals surface area contributed by atoms with Gasteiger partial charge in [0.25, 0.3) is 17.5 Å². The molecule has 0 aliphatic carbocycles. The van der Waals surface area contributed by atoms with Crippen molar-refractivity contribution < 1.29 is 28.8 Å². The number of nitro groups is 1. The minimum Gasteiger partial charge on any atom is -0.465 e. The van der Waals surface area contributed by atoms with Crippen LogP contribution in [0.1, 0.15) is 32.7 Å². The molecule has 0 bridgehead atoms. The minimum absolute atomic E-state index is 0.00854. The molecular formula is C25H20N4O7. The number of aromatic nitrogens is 1. The van der Waals surface area contributed by atoms with E-state index < -0.39 is 34.7 Å². The molecule has 1 aliphatic heterocycles. The number of ether oxygens (including phenoxy) is 1. The summed E-state index contributed by atoms with van der Waals surface area (Å²) in [6.45, 7) is -0.0475. The fraction of sp³-hybridized carbons (Fsp3) is 0.160. The van der Waals surface area contributed by atoms with Crippen LogP contribution in [0.25, 0.3) is 0 Å². The molecule has 1 unspecified atom stereocenters. The van der Waals surface area contributed by atoms with Crippen LogP contribution in [0.15, 0.2) is 73.1 Å². The van der Waals surface area contributed by atoms with E-state index in [1.54, 1.807) is 18.3 Å². The molecule has 1 aromatic heterocycles. The fourth-order valence-electron chi connectivity index (χ4n) is 3.93. The van der Waals surface area contributed by atoms with Gasteiger partial charge in [0, 0.05) is 36.6 Å². The van der Waals surface area contributed by atoms with Crippen molar-refractivity contribution in [3.05, 3.63) is 99.9 Å². The lowest BCUT2D eigenvalue weighted by Crippen LogP contribution is -2.45. The average molecular weight is 488 g/mol. The molecule has 11 nitrogen and oxygen atoms in total. The van der Waals surface area contributed by atoms with Crippen molar-refractivity contribution in [3.63, 3.8) is 0 Å². The Hall–Kier alpha value is -4.93. The zero-order valence-electron chi connectivity index (χ0n) is 19.1. The summed E-state index contributed by atoms with van der Waals surface area (Å²) in [6, 6.07) is 13.2. The van der Waals surface area contributed by atoms with Gasteiger partial charge in [0.05, 0.1) is 29.7 Å². The first-order chi connectivity index (χ1) is 17.3. The zero-order chi connectivity index (χ0) is 25.8. The number of hydrogen-bond donors (Lipinski definition) is 0. The van der Waals surface area contributed by atoms with Gasteiger partial charge in [-0.25, -0.2) is 9.69 Å². The lowest BCUT2D eigenvalue weighted by Gasteiger charge is -2.28. The van der Waals surface area contributed by atoms with Gasteiger partial charge < -0.3 is 9.64 Å². The van der Waals surface area contributed by atoms with Crippen LogP contribution < -0.4 is 4.90 Å². The number of rotatable bonds is 7. The summed E-state index contributed by atoms with van der Waals surface area (Å²) in [4.78, 5) is 68.4. The molecule has 0 spiro atoms. The normalized spacial score (nSPS) is 15.0. The summed E-state index contributed by atoms with van der Waals surface area (Å²) in [6.07, 6.45) is 2.80. The lowest BCUT2D eigenvalue weighted by molar-refractivity contribution is -0.384. The van der Waals surface area contributed by atoms with E-state index in [4.69, 9.17) is 0 Å². The van der Waals surface area contributed by atoms with Gasteiger partial charge in [-0.2, -0.15) is 0 Å². The smallest absolute Gasteiger partial charge is 0.337 e. The first-order valence-corrected chi connectivity index (χ1v) is 10.8. The van der Waals surface area contributed by atoms with E-state index in [2.05, 4.69) is 9.72 Å². The molecular weight excluding hydrogens is 468 g/mol. The Balaban J connectivity index is 1.67. The minimum atomic E-state index is -1.15. The Morgan fingerprint density at radius 1 is 1.11 bits per heavy atom. The van der Waals surface area contributed by atoms with E-state index in [9.17, 15) is 29.3 Å². The molecule has 1 saturated heterocycles. The highest BCUT2D eigenvalue weighted by molar-refractivity contribution is 6.23. The predicted molar refractivity (Wildman–Crippen MR) is 126 cm³/mol. The number of non-ortho nitro benzene ring substituents is 1. The molecule has 11 heteroatoms. The summed E-state index contributed by atoms with van der Waals surface area (Å²) in [5.74, 6) is -2.37. The van der Waals surface area contributed by atoms with E-state index in [1.165, 1.54) is 60.7 Å². The Morgan fingerprint density at radius 3 is 2.50 bits per heavy atom. The van der Waals surface area contributed by atoms with Crippen molar-refractivity contribution in [3.8, 4) is 0 Å². The second kappa shape index (κ2) is 10.1. The largest absolute Gasteiger partial charge is 0.465 e. The van der Waals surface area contributed by atoms with Gasteiger partial charge in [0.15, 0.2) is 0 Å². The van der Waals surface area contributed by atoms with Gasteiger partial charge in [0.2, 0.25) is 5.91 Å². The monoisotopic (exact) mass is 488 g/mol. The summed E-state index contributed by atoms with van der Waals surface area (Å²) >= 11 is 0. The highest BCUT2D eigenvalue weighted by Gasteiger charge is 2.44. The maximum absolute atomic E-state index is 13.5. The van der Waals surface area contributed by atoms with Crippen molar-refractivity contribution in [2.24, 2.45) is 0 Å². The Kier molecular flexibility index (Phi) is 6.81. The van der Waals surface area contributed by atoms with Crippen LogP contribution in [-0.4, -0.2) is 51.6 Å². The molecule has 4 rings (SSSR count). The van der Waals surface area contributed by atoms with Crippen molar-refractivity contribution in [1.29, 1.82) is 0 Å². The third-order valence-electron chi connectivity index (χ3n) is 5.69. The number of imide groups is 1. The first-order valence-electron chi connectivity index (χ1n) is 10.8. The molecule has 1 atom stereocenters. The topological polar surface area (TPSA) is 140 Å². The molecule has 1 fully saturated rings. The predicted octanol–water partition coefficient (Wildman–Crippen LogP) is 2.75. The van der Waals surface area contributed by atoms with Gasteiger partial charge in [-0.05, 0) is 42.0 Å². The van der Waals surface area contributed by atoms with Crippen molar-refractivity contribution in [2.45, 2.75) is 19.0 Å². The number of nitrogens with zero attached hydrogens (tertiary/aromatic N) is 4. The number of methoxy groups -OCH3 is 1. The van der Waals surface area contributed by atoms with E-state index in [1.807, 2.05) is 0 Å². The molecule has 182 valence electrons. The molecule has 3 amide bonds. The van der Waals surface area contributed by atoms with Crippen LogP contribution in [0.5, 0.6) is 0 Å². The molecule has 2 aromatic carbocycles. The van der Waals surface area contributed by atoms with Crippen LogP contribution in [0.3, 0.4) is 0 Å². The van der Waals surface area contributed by atoms with Crippen LogP contribution in [0, 0.1) is 10.1 Å². The SMILES string of the molecule is COC(=O)c1ccc(N2C(=O)CC(N(Cc3cccnc3)C(=O)c3cccc([N+](=O)[O-])c3)C2=O)cc1. The highest BCUT2D eigenvalue weighted by Crippen LogP contribution is 2.28. The summed E-state index contributed by atoms with van der Waals surface area (Å²) in [5, 5.41) is 11.2.